The van der Waals surface area contributed by atoms with Crippen molar-refractivity contribution in [2.45, 2.75) is 0 Å². The fraction of sp³-hybridized carbons (Fsp3) is 0. The van der Waals surface area contributed by atoms with Crippen LogP contribution in [0.3, 0.4) is 0 Å². The zero-order valence-electron chi connectivity index (χ0n) is 7.23. The van der Waals surface area contributed by atoms with Crippen molar-refractivity contribution in [3.05, 3.63) is 43.4 Å². The van der Waals surface area contributed by atoms with E-state index in [0.29, 0.717) is 4.47 Å². The largest absolute Gasteiger partial charge is 0.313 e. The number of H-pyrrole nitrogens is 1. The van der Waals surface area contributed by atoms with Crippen molar-refractivity contribution in [3.8, 4) is 0 Å². The smallest absolute Gasteiger partial charge is 0.296 e. The van der Waals surface area contributed by atoms with Gasteiger partial charge >= 0.3 is 0 Å². The summed E-state index contributed by atoms with van der Waals surface area (Å²) >= 11 is 3.10. The molecule has 0 aliphatic carbocycles. The highest BCUT2D eigenvalue weighted by Crippen LogP contribution is 2.25. The van der Waals surface area contributed by atoms with Crippen LogP contribution in [0.1, 0.15) is 0 Å². The van der Waals surface area contributed by atoms with Crippen LogP contribution in [0, 0.1) is 10.1 Å². The van der Waals surface area contributed by atoms with E-state index in [1.54, 1.807) is 0 Å². The first-order valence-electron chi connectivity index (χ1n) is 3.91. The molecule has 0 atom stereocenters. The van der Waals surface area contributed by atoms with Crippen LogP contribution in [-0.4, -0.2) is 14.9 Å². The molecule has 0 aliphatic rings. The van der Waals surface area contributed by atoms with Crippen molar-refractivity contribution in [1.29, 1.82) is 0 Å². The number of nitrogens with one attached hydrogen (secondary N) is 1. The van der Waals surface area contributed by atoms with Crippen LogP contribution in [0.2, 0.25) is 0 Å². The monoisotopic (exact) mass is 269 g/mol. The molecule has 1 N–H and O–H groups in total. The second-order valence-electron chi connectivity index (χ2n) is 2.81. The zero-order chi connectivity index (χ0) is 11.0. The van der Waals surface area contributed by atoms with Gasteiger partial charge in [0.1, 0.15) is 0 Å². The summed E-state index contributed by atoms with van der Waals surface area (Å²) in [4.78, 5) is 27.7. The lowest BCUT2D eigenvalue weighted by atomic mass is 10.2. The molecule has 0 radical (unpaired) electrons. The Bertz CT molecular complexity index is 608. The van der Waals surface area contributed by atoms with Crippen molar-refractivity contribution in [2.75, 3.05) is 0 Å². The van der Waals surface area contributed by atoms with E-state index in [-0.39, 0.29) is 16.6 Å². The van der Waals surface area contributed by atoms with Gasteiger partial charge in [0.2, 0.25) is 0 Å². The van der Waals surface area contributed by atoms with Gasteiger partial charge in [0, 0.05) is 10.5 Å². The summed E-state index contributed by atoms with van der Waals surface area (Å²) in [6.45, 7) is 0. The summed E-state index contributed by atoms with van der Waals surface area (Å²) in [5, 5.41) is 10.9. The van der Waals surface area contributed by atoms with Gasteiger partial charge in [-0.05, 0) is 6.07 Å². The number of rotatable bonds is 1. The molecular weight excluding hydrogens is 266 g/mol. The molecule has 0 amide bonds. The molecule has 6 nitrogen and oxygen atoms in total. The maximum Gasteiger partial charge on any atom is 0.296 e. The summed E-state index contributed by atoms with van der Waals surface area (Å²) in [5.74, 6) is 0. The Hall–Kier alpha value is -1.76. The highest BCUT2D eigenvalue weighted by molar-refractivity contribution is 9.10. The summed E-state index contributed by atoms with van der Waals surface area (Å²) in [7, 11) is 0. The van der Waals surface area contributed by atoms with Gasteiger partial charge in [-0.1, -0.05) is 15.9 Å². The Morgan fingerprint density at radius 2 is 2.20 bits per heavy atom. The normalized spacial score (nSPS) is 10.5. The van der Waals surface area contributed by atoms with Gasteiger partial charge in [0.05, 0.1) is 16.6 Å². The minimum atomic E-state index is -0.570. The molecule has 0 aliphatic heterocycles. The van der Waals surface area contributed by atoms with E-state index in [1.807, 2.05) is 0 Å². The third-order valence-corrected chi connectivity index (χ3v) is 2.34. The Morgan fingerprint density at radius 3 is 2.87 bits per heavy atom. The molecule has 7 heteroatoms. The van der Waals surface area contributed by atoms with Gasteiger partial charge in [-0.3, -0.25) is 14.9 Å². The number of aromatic nitrogens is 2. The molecule has 2 rings (SSSR count). The zero-order valence-corrected chi connectivity index (χ0v) is 8.82. The molecule has 0 saturated carbocycles. The third-order valence-electron chi connectivity index (χ3n) is 1.89. The van der Waals surface area contributed by atoms with E-state index in [9.17, 15) is 14.9 Å². The second kappa shape index (κ2) is 3.43. The Balaban J connectivity index is 2.99. The van der Waals surface area contributed by atoms with E-state index in [1.165, 1.54) is 12.1 Å². The number of halogens is 1. The van der Waals surface area contributed by atoms with E-state index in [0.717, 1.165) is 6.33 Å². The van der Waals surface area contributed by atoms with Gasteiger partial charge in [-0.2, -0.15) is 0 Å². The minimum Gasteiger partial charge on any atom is -0.313 e. The van der Waals surface area contributed by atoms with E-state index in [4.69, 9.17) is 0 Å². The number of nitro benzene ring substituents is 1. The fourth-order valence-electron chi connectivity index (χ4n) is 1.27. The van der Waals surface area contributed by atoms with E-state index >= 15 is 0 Å². The lowest BCUT2D eigenvalue weighted by molar-refractivity contribution is -0.383. The van der Waals surface area contributed by atoms with Crippen LogP contribution in [0.4, 0.5) is 5.69 Å². The number of hydrogen-bond acceptors (Lipinski definition) is 4. The Labute approximate surface area is 91.2 Å². The first-order chi connectivity index (χ1) is 7.09. The molecule has 0 saturated heterocycles. The van der Waals surface area contributed by atoms with E-state index < -0.39 is 10.5 Å². The summed E-state index contributed by atoms with van der Waals surface area (Å²) < 4.78 is 0.472. The van der Waals surface area contributed by atoms with Gasteiger partial charge in [0.15, 0.2) is 5.52 Å². The van der Waals surface area contributed by atoms with Crippen LogP contribution in [-0.2, 0) is 0 Å². The third kappa shape index (κ3) is 1.61. The molecule has 1 heterocycles. The molecule has 0 bridgehead atoms. The molecule has 2 aromatic rings. The van der Waals surface area contributed by atoms with Crippen LogP contribution in [0.5, 0.6) is 0 Å². The summed E-state index contributed by atoms with van der Waals surface area (Å²) in [6.07, 6.45) is 1.14. The highest BCUT2D eigenvalue weighted by atomic mass is 79.9. The molecule has 15 heavy (non-hydrogen) atoms. The lowest BCUT2D eigenvalue weighted by Crippen LogP contribution is -2.07. The average Bonchev–Trinajstić information content (AvgIpc) is 2.18. The molecule has 0 fully saturated rings. The Kier molecular flexibility index (Phi) is 2.24. The predicted molar refractivity (Wildman–Crippen MR) is 56.7 cm³/mol. The standard InChI is InChI=1S/C8H4BrN3O3/c9-4-1-5-7(6(2-4)12(14)15)10-3-11-8(5)13/h1-3H,(H,10,11,13). The lowest BCUT2D eigenvalue weighted by Gasteiger charge is -1.98. The Morgan fingerprint density at radius 1 is 1.47 bits per heavy atom. The first kappa shape index (κ1) is 9.78. The van der Waals surface area contributed by atoms with Crippen molar-refractivity contribution >= 4 is 32.5 Å². The van der Waals surface area contributed by atoms with E-state index in [2.05, 4.69) is 25.9 Å². The van der Waals surface area contributed by atoms with Crippen molar-refractivity contribution in [1.82, 2.24) is 9.97 Å². The number of nitrogens with zero attached hydrogens (tertiary/aromatic N) is 2. The molecule has 1 aromatic carbocycles. The quantitative estimate of drug-likeness (QED) is 0.629. The van der Waals surface area contributed by atoms with Crippen molar-refractivity contribution < 1.29 is 4.92 Å². The fourth-order valence-corrected chi connectivity index (χ4v) is 1.71. The van der Waals surface area contributed by atoms with Crippen LogP contribution in [0.25, 0.3) is 10.9 Å². The van der Waals surface area contributed by atoms with Crippen molar-refractivity contribution in [3.63, 3.8) is 0 Å². The maximum atomic E-state index is 11.4. The van der Waals surface area contributed by atoms with Gasteiger partial charge < -0.3 is 4.98 Å². The predicted octanol–water partition coefficient (Wildman–Crippen LogP) is 1.59. The number of aromatic amines is 1. The van der Waals surface area contributed by atoms with Crippen molar-refractivity contribution in [2.24, 2.45) is 0 Å². The number of nitro groups is 1. The van der Waals surface area contributed by atoms with Crippen LogP contribution >= 0.6 is 15.9 Å². The van der Waals surface area contributed by atoms with Crippen LogP contribution < -0.4 is 5.56 Å². The highest BCUT2D eigenvalue weighted by Gasteiger charge is 2.15. The molecule has 0 spiro atoms. The molecule has 0 unspecified atom stereocenters. The minimum absolute atomic E-state index is 0.0898. The topological polar surface area (TPSA) is 88.9 Å². The SMILES string of the molecule is O=c1[nH]cnc2c([N+](=O)[O-])cc(Br)cc12. The average molecular weight is 270 g/mol. The second-order valence-corrected chi connectivity index (χ2v) is 3.73. The van der Waals surface area contributed by atoms with Gasteiger partial charge in [-0.25, -0.2) is 4.98 Å². The summed E-state index contributed by atoms with van der Waals surface area (Å²) in [5.41, 5.74) is -0.498. The number of hydrogen-bond donors (Lipinski definition) is 1. The number of fused-ring (bicyclic) bond motifs is 1. The number of benzene rings is 1. The van der Waals surface area contributed by atoms with Gasteiger partial charge in [-0.15, -0.1) is 0 Å². The summed E-state index contributed by atoms with van der Waals surface area (Å²) in [6, 6.07) is 2.81. The first-order valence-corrected chi connectivity index (χ1v) is 4.70. The van der Waals surface area contributed by atoms with Crippen LogP contribution in [0.15, 0.2) is 27.7 Å². The van der Waals surface area contributed by atoms with Gasteiger partial charge in [0.25, 0.3) is 11.2 Å². The maximum absolute atomic E-state index is 11.4. The molecular formula is C8H4BrN3O3. The molecule has 76 valence electrons. The number of non-ortho nitro benzene ring substituents is 1. The molecule has 1 aromatic heterocycles.